The molecule has 6 nitrogen and oxygen atoms in total. The van der Waals surface area contributed by atoms with Gasteiger partial charge in [-0.2, -0.15) is 0 Å². The van der Waals surface area contributed by atoms with E-state index in [0.29, 0.717) is 31.0 Å². The summed E-state index contributed by atoms with van der Waals surface area (Å²) in [5.41, 5.74) is 1.50. The Morgan fingerprint density at radius 3 is 2.52 bits per heavy atom. The third-order valence-corrected chi connectivity index (χ3v) is 4.44. The highest BCUT2D eigenvalue weighted by Gasteiger charge is 2.26. The number of hydrogen-bond acceptors (Lipinski definition) is 6. The topological polar surface area (TPSA) is 95.3 Å². The second-order valence-electron chi connectivity index (χ2n) is 7.33. The number of aromatic nitrogens is 2. The molecule has 0 amide bonds. The summed E-state index contributed by atoms with van der Waals surface area (Å²) >= 11 is 0. The van der Waals surface area contributed by atoms with Gasteiger partial charge in [-0.3, -0.25) is 9.78 Å². The number of nitrogens with one attached hydrogen (secondary N) is 1. The number of carbonyl (C=O) groups excluding carboxylic acids is 1. The number of hydrogen-bond donors (Lipinski definition) is 3. The summed E-state index contributed by atoms with van der Waals surface area (Å²) in [6, 6.07) is 9.98. The first-order valence-electron chi connectivity index (χ1n) is 9.38. The lowest BCUT2D eigenvalue weighted by Crippen LogP contribution is -2.46. The lowest BCUT2D eigenvalue weighted by molar-refractivity contribution is 0.0954. The maximum atomic E-state index is 12.6. The van der Waals surface area contributed by atoms with Crippen LogP contribution in [-0.2, 0) is 6.42 Å². The molecule has 0 fully saturated rings. The molecule has 0 radical (unpaired) electrons. The van der Waals surface area contributed by atoms with Crippen LogP contribution < -0.4 is 5.32 Å². The largest absolute Gasteiger partial charge is 0.469 e. The van der Waals surface area contributed by atoms with Gasteiger partial charge in [-0.25, -0.2) is 4.98 Å². The van der Waals surface area contributed by atoms with Crippen LogP contribution in [0, 0.1) is 11.8 Å². The van der Waals surface area contributed by atoms with Crippen LogP contribution in [0.5, 0.6) is 0 Å². The van der Waals surface area contributed by atoms with Crippen molar-refractivity contribution in [3.8, 4) is 0 Å². The molecule has 0 saturated heterocycles. The molecular weight excluding hydrogens is 341 g/mol. The molecule has 0 bridgehead atoms. The molecule has 0 aliphatic rings. The van der Waals surface area contributed by atoms with Gasteiger partial charge in [0.1, 0.15) is 5.69 Å². The van der Waals surface area contributed by atoms with Gasteiger partial charge >= 0.3 is 7.12 Å². The van der Waals surface area contributed by atoms with Gasteiger partial charge in [-0.15, -0.1) is 0 Å². The van der Waals surface area contributed by atoms with Crippen molar-refractivity contribution in [1.82, 2.24) is 15.3 Å². The molecule has 0 unspecified atom stereocenters. The fourth-order valence-corrected chi connectivity index (χ4v) is 3.11. The van der Waals surface area contributed by atoms with Gasteiger partial charge in [0.15, 0.2) is 5.78 Å². The molecule has 2 rings (SSSR count). The minimum Gasteiger partial charge on any atom is -0.426 e. The zero-order valence-corrected chi connectivity index (χ0v) is 16.0. The number of benzene rings is 1. The normalized spacial score (nSPS) is 13.4. The maximum Gasteiger partial charge on any atom is 0.469 e. The van der Waals surface area contributed by atoms with E-state index in [9.17, 15) is 14.8 Å². The monoisotopic (exact) mass is 369 g/mol. The molecule has 0 spiro atoms. The number of Topliss-reactive ketones (excluding diaryl/α,β-unsaturated/α-hetero) is 1. The highest BCUT2D eigenvalue weighted by Crippen LogP contribution is 2.16. The lowest BCUT2D eigenvalue weighted by Gasteiger charge is -2.23. The zero-order valence-electron chi connectivity index (χ0n) is 16.0. The molecule has 27 heavy (non-hydrogen) atoms. The van der Waals surface area contributed by atoms with Gasteiger partial charge in [-0.05, 0) is 36.8 Å². The van der Waals surface area contributed by atoms with Crippen molar-refractivity contribution in [2.24, 2.45) is 11.8 Å². The molecule has 1 aromatic carbocycles. The Labute approximate surface area is 161 Å². The molecule has 0 aliphatic heterocycles. The first-order chi connectivity index (χ1) is 13.0. The zero-order chi connectivity index (χ0) is 19.6. The number of ketones is 1. The van der Waals surface area contributed by atoms with Crippen LogP contribution in [-0.4, -0.2) is 45.4 Å². The van der Waals surface area contributed by atoms with E-state index in [-0.39, 0.29) is 11.7 Å². The summed E-state index contributed by atoms with van der Waals surface area (Å²) in [4.78, 5) is 20.6. The summed E-state index contributed by atoms with van der Waals surface area (Å²) in [5.74, 6) is -0.140. The Morgan fingerprint density at radius 2 is 1.93 bits per heavy atom. The second-order valence-corrected chi connectivity index (χ2v) is 7.33. The van der Waals surface area contributed by atoms with E-state index in [2.05, 4.69) is 15.3 Å². The van der Waals surface area contributed by atoms with E-state index in [1.54, 1.807) is 6.20 Å². The standard InChI is InChI=1S/C20H28BN3O3/c1-15(2)10-20(21(26)27)24-13-17(11-16-6-4-3-5-7-16)12-19(25)18-14-22-8-9-23-18/h3-9,14-15,17,20,24,26-27H,10-13H2,1-2H3/t17-,20+/m1/s1. The molecule has 0 aliphatic carbocycles. The molecule has 7 heteroatoms. The fourth-order valence-electron chi connectivity index (χ4n) is 3.11. The van der Waals surface area contributed by atoms with Crippen molar-refractivity contribution in [3.05, 3.63) is 60.2 Å². The summed E-state index contributed by atoms with van der Waals surface area (Å²) in [6.45, 7) is 4.59. The summed E-state index contributed by atoms with van der Waals surface area (Å²) in [7, 11) is -1.43. The Morgan fingerprint density at radius 1 is 1.19 bits per heavy atom. The lowest BCUT2D eigenvalue weighted by atomic mass is 9.74. The number of carbonyl (C=O) groups is 1. The van der Waals surface area contributed by atoms with Gasteiger partial charge in [0.25, 0.3) is 0 Å². The van der Waals surface area contributed by atoms with Crippen LogP contribution >= 0.6 is 0 Å². The van der Waals surface area contributed by atoms with Crippen molar-refractivity contribution in [3.63, 3.8) is 0 Å². The number of nitrogens with zero attached hydrogens (tertiary/aromatic N) is 2. The predicted octanol–water partition coefficient (Wildman–Crippen LogP) is 1.92. The van der Waals surface area contributed by atoms with Crippen molar-refractivity contribution in [1.29, 1.82) is 0 Å². The highest BCUT2D eigenvalue weighted by molar-refractivity contribution is 6.43. The maximum absolute atomic E-state index is 12.6. The number of rotatable bonds is 11. The Bertz CT molecular complexity index is 683. The fraction of sp³-hybridized carbons (Fsp3) is 0.450. The van der Waals surface area contributed by atoms with Crippen LogP contribution in [0.4, 0.5) is 0 Å². The minimum absolute atomic E-state index is 0.00955. The van der Waals surface area contributed by atoms with Crippen molar-refractivity contribution in [2.45, 2.75) is 39.1 Å². The van der Waals surface area contributed by atoms with Gasteiger partial charge in [0.2, 0.25) is 0 Å². The van der Waals surface area contributed by atoms with Gasteiger partial charge < -0.3 is 15.4 Å². The Balaban J connectivity index is 2.05. The molecule has 0 saturated carbocycles. The molecular formula is C20H28BN3O3. The Kier molecular flexibility index (Phi) is 8.58. The van der Waals surface area contributed by atoms with Crippen LogP contribution in [0.3, 0.4) is 0 Å². The van der Waals surface area contributed by atoms with E-state index in [0.717, 1.165) is 12.0 Å². The van der Waals surface area contributed by atoms with E-state index < -0.39 is 13.1 Å². The third kappa shape index (κ3) is 7.58. The molecule has 3 N–H and O–H groups in total. The molecule has 1 heterocycles. The second kappa shape index (κ2) is 10.9. The van der Waals surface area contributed by atoms with Crippen LogP contribution in [0.2, 0.25) is 0 Å². The Hall–Kier alpha value is -2.09. The van der Waals surface area contributed by atoms with Gasteiger partial charge in [0.05, 0.1) is 6.20 Å². The minimum atomic E-state index is -1.43. The first-order valence-corrected chi connectivity index (χ1v) is 9.38. The highest BCUT2D eigenvalue weighted by atomic mass is 16.4. The quantitative estimate of drug-likeness (QED) is 0.414. The molecule has 144 valence electrons. The van der Waals surface area contributed by atoms with Crippen molar-refractivity contribution >= 4 is 12.9 Å². The van der Waals surface area contributed by atoms with Crippen molar-refractivity contribution in [2.75, 3.05) is 6.54 Å². The summed E-state index contributed by atoms with van der Waals surface area (Å²) < 4.78 is 0. The molecule has 1 aromatic heterocycles. The predicted molar refractivity (Wildman–Crippen MR) is 106 cm³/mol. The van der Waals surface area contributed by atoms with Crippen LogP contribution in [0.1, 0.15) is 42.7 Å². The smallest absolute Gasteiger partial charge is 0.426 e. The van der Waals surface area contributed by atoms with E-state index in [1.165, 1.54) is 12.4 Å². The molecule has 2 aromatic rings. The first kappa shape index (κ1) is 21.2. The van der Waals surface area contributed by atoms with E-state index in [4.69, 9.17) is 0 Å². The van der Waals surface area contributed by atoms with Gasteiger partial charge in [0, 0.05) is 24.8 Å². The summed E-state index contributed by atoms with van der Waals surface area (Å²) in [5, 5.41) is 22.5. The average Bonchev–Trinajstić information content (AvgIpc) is 2.66. The van der Waals surface area contributed by atoms with E-state index >= 15 is 0 Å². The molecule has 2 atom stereocenters. The van der Waals surface area contributed by atoms with Crippen molar-refractivity contribution < 1.29 is 14.8 Å². The van der Waals surface area contributed by atoms with E-state index in [1.807, 2.05) is 44.2 Å². The SMILES string of the molecule is CC(C)C[C@H](NC[C@@H](CC(=O)c1cnccn1)Cc1ccccc1)B(O)O. The average molecular weight is 369 g/mol. The van der Waals surface area contributed by atoms with Crippen LogP contribution in [0.15, 0.2) is 48.9 Å². The summed E-state index contributed by atoms with van der Waals surface area (Å²) in [6.07, 6.45) is 6.21. The van der Waals surface area contributed by atoms with Crippen LogP contribution in [0.25, 0.3) is 0 Å². The van der Waals surface area contributed by atoms with Gasteiger partial charge in [-0.1, -0.05) is 44.2 Å². The third-order valence-electron chi connectivity index (χ3n) is 4.44.